The second-order valence-corrected chi connectivity index (χ2v) is 4.66. The molecule has 2 N–H and O–H groups in total. The largest absolute Gasteiger partial charge is 0.496 e. The first-order valence-corrected chi connectivity index (χ1v) is 5.93. The highest BCUT2D eigenvalue weighted by molar-refractivity contribution is 9.10. The van der Waals surface area contributed by atoms with Gasteiger partial charge in [-0.1, -0.05) is 6.07 Å². The summed E-state index contributed by atoms with van der Waals surface area (Å²) in [5.41, 5.74) is 7.46. The van der Waals surface area contributed by atoms with Crippen molar-refractivity contribution < 1.29 is 4.74 Å². The molecule has 0 amide bonds. The molecule has 2 aromatic rings. The molecule has 0 unspecified atom stereocenters. The van der Waals surface area contributed by atoms with E-state index >= 15 is 0 Å². The first kappa shape index (κ1) is 10.4. The lowest BCUT2D eigenvalue weighted by molar-refractivity contribution is 0.412. The van der Waals surface area contributed by atoms with Gasteiger partial charge in [-0.3, -0.25) is 0 Å². The van der Waals surface area contributed by atoms with Gasteiger partial charge in [0.1, 0.15) is 5.75 Å². The molecule has 78 valence electrons. The molecule has 5 heteroatoms. The number of halogens is 1. The minimum Gasteiger partial charge on any atom is -0.496 e. The number of nitrogens with two attached hydrogens (primary N) is 1. The molecule has 0 bridgehead atoms. The number of thiazole rings is 1. The number of hydrogen-bond acceptors (Lipinski definition) is 4. The number of nitrogens with zero attached hydrogens (tertiary/aromatic N) is 1. The van der Waals surface area contributed by atoms with Crippen LogP contribution in [0.2, 0.25) is 0 Å². The molecular weight excluding hydrogens is 276 g/mol. The van der Waals surface area contributed by atoms with Gasteiger partial charge in [-0.15, -0.1) is 11.3 Å². The van der Waals surface area contributed by atoms with E-state index in [4.69, 9.17) is 10.5 Å². The van der Waals surface area contributed by atoms with Gasteiger partial charge >= 0.3 is 0 Å². The number of benzene rings is 1. The van der Waals surface area contributed by atoms with E-state index in [1.807, 2.05) is 23.6 Å². The van der Waals surface area contributed by atoms with Crippen LogP contribution in [0, 0.1) is 0 Å². The number of nitrogen functional groups attached to an aromatic ring is 1. The minimum atomic E-state index is 0.576. The average molecular weight is 285 g/mol. The molecular formula is C10H9BrN2OS. The van der Waals surface area contributed by atoms with Crippen LogP contribution in [0.1, 0.15) is 0 Å². The summed E-state index contributed by atoms with van der Waals surface area (Å²) in [6.45, 7) is 0. The second kappa shape index (κ2) is 4.20. The zero-order chi connectivity index (χ0) is 10.8. The monoisotopic (exact) mass is 284 g/mol. The zero-order valence-electron chi connectivity index (χ0n) is 8.03. The van der Waals surface area contributed by atoms with Crippen molar-refractivity contribution in [1.82, 2.24) is 4.98 Å². The Balaban J connectivity index is 2.45. The van der Waals surface area contributed by atoms with Crippen LogP contribution in [0.3, 0.4) is 0 Å². The van der Waals surface area contributed by atoms with Crippen LogP contribution in [0.4, 0.5) is 5.13 Å². The van der Waals surface area contributed by atoms with Crippen LogP contribution in [0.5, 0.6) is 5.75 Å². The Morgan fingerprint density at radius 3 is 2.87 bits per heavy atom. The molecule has 0 aliphatic heterocycles. The van der Waals surface area contributed by atoms with Gasteiger partial charge < -0.3 is 10.5 Å². The standard InChI is InChI=1S/C10H9BrN2OS/c1-14-9-4-6(2-3-7(9)11)8-5-15-10(12)13-8/h2-5H,1H3,(H2,12,13). The van der Waals surface area contributed by atoms with Crippen molar-refractivity contribution in [3.8, 4) is 17.0 Å². The summed E-state index contributed by atoms with van der Waals surface area (Å²) in [7, 11) is 1.64. The molecule has 0 radical (unpaired) electrons. The number of anilines is 1. The lowest BCUT2D eigenvalue weighted by Crippen LogP contribution is -1.87. The quantitative estimate of drug-likeness (QED) is 0.922. The van der Waals surface area contributed by atoms with E-state index in [-0.39, 0.29) is 0 Å². The van der Waals surface area contributed by atoms with E-state index in [1.54, 1.807) is 7.11 Å². The maximum absolute atomic E-state index is 5.58. The van der Waals surface area contributed by atoms with Gasteiger partial charge in [0.05, 0.1) is 17.3 Å². The number of rotatable bonds is 2. The van der Waals surface area contributed by atoms with Crippen molar-refractivity contribution in [3.63, 3.8) is 0 Å². The van der Waals surface area contributed by atoms with E-state index in [0.717, 1.165) is 21.5 Å². The van der Waals surface area contributed by atoms with Gasteiger partial charge in [-0.25, -0.2) is 4.98 Å². The van der Waals surface area contributed by atoms with Gasteiger partial charge in [-0.2, -0.15) is 0 Å². The fourth-order valence-electron chi connectivity index (χ4n) is 1.24. The Labute approximate surface area is 100 Å². The van der Waals surface area contributed by atoms with Gasteiger partial charge in [0.15, 0.2) is 5.13 Å². The van der Waals surface area contributed by atoms with Crippen LogP contribution in [-0.4, -0.2) is 12.1 Å². The summed E-state index contributed by atoms with van der Waals surface area (Å²) < 4.78 is 6.14. The molecule has 3 nitrogen and oxygen atoms in total. The summed E-state index contributed by atoms with van der Waals surface area (Å²) in [5, 5.41) is 2.50. The predicted molar refractivity (Wildman–Crippen MR) is 66.2 cm³/mol. The van der Waals surface area contributed by atoms with Crippen LogP contribution in [0.15, 0.2) is 28.1 Å². The average Bonchev–Trinajstić information content (AvgIpc) is 2.66. The highest BCUT2D eigenvalue weighted by Crippen LogP contribution is 2.31. The summed E-state index contributed by atoms with van der Waals surface area (Å²) in [5.74, 6) is 0.791. The Kier molecular flexibility index (Phi) is 2.93. The highest BCUT2D eigenvalue weighted by atomic mass is 79.9. The van der Waals surface area contributed by atoms with Gasteiger partial charge in [-0.05, 0) is 28.1 Å². The Hall–Kier alpha value is -1.07. The highest BCUT2D eigenvalue weighted by Gasteiger charge is 2.06. The molecule has 0 atom stereocenters. The first-order chi connectivity index (χ1) is 7.20. The fraction of sp³-hybridized carbons (Fsp3) is 0.100. The first-order valence-electron chi connectivity index (χ1n) is 4.25. The summed E-state index contributed by atoms with van der Waals surface area (Å²) in [4.78, 5) is 4.21. The lowest BCUT2D eigenvalue weighted by atomic mass is 10.2. The molecule has 0 spiro atoms. The number of methoxy groups -OCH3 is 1. The number of ether oxygens (including phenoxy) is 1. The lowest BCUT2D eigenvalue weighted by Gasteiger charge is -2.04. The molecule has 0 saturated heterocycles. The number of hydrogen-bond donors (Lipinski definition) is 1. The maximum Gasteiger partial charge on any atom is 0.180 e. The molecule has 0 aliphatic carbocycles. The fourth-order valence-corrected chi connectivity index (χ4v) is 2.22. The summed E-state index contributed by atoms with van der Waals surface area (Å²) >= 11 is 4.83. The third-order valence-electron chi connectivity index (χ3n) is 1.97. The third-order valence-corrected chi connectivity index (χ3v) is 3.30. The summed E-state index contributed by atoms with van der Waals surface area (Å²) in [6, 6.07) is 5.84. The predicted octanol–water partition coefficient (Wildman–Crippen LogP) is 3.16. The molecule has 0 fully saturated rings. The smallest absolute Gasteiger partial charge is 0.180 e. The van der Waals surface area contributed by atoms with Crippen molar-refractivity contribution in [2.24, 2.45) is 0 Å². The molecule has 15 heavy (non-hydrogen) atoms. The van der Waals surface area contributed by atoms with Crippen molar-refractivity contribution >= 4 is 32.4 Å². The minimum absolute atomic E-state index is 0.576. The second-order valence-electron chi connectivity index (χ2n) is 2.92. The maximum atomic E-state index is 5.58. The topological polar surface area (TPSA) is 48.1 Å². The van der Waals surface area contributed by atoms with E-state index in [9.17, 15) is 0 Å². The third kappa shape index (κ3) is 2.13. The van der Waals surface area contributed by atoms with E-state index in [1.165, 1.54) is 11.3 Å². The van der Waals surface area contributed by atoms with Crippen LogP contribution in [-0.2, 0) is 0 Å². The van der Waals surface area contributed by atoms with Crippen molar-refractivity contribution in [3.05, 3.63) is 28.1 Å². The molecule has 0 saturated carbocycles. The molecule has 0 aliphatic rings. The molecule has 1 aromatic heterocycles. The SMILES string of the molecule is COc1cc(-c2csc(N)n2)ccc1Br. The Morgan fingerprint density at radius 1 is 1.47 bits per heavy atom. The Morgan fingerprint density at radius 2 is 2.27 bits per heavy atom. The van der Waals surface area contributed by atoms with Crippen molar-refractivity contribution in [2.45, 2.75) is 0 Å². The molecule has 1 aromatic carbocycles. The van der Waals surface area contributed by atoms with Gasteiger partial charge in [0.2, 0.25) is 0 Å². The van der Waals surface area contributed by atoms with E-state index < -0.39 is 0 Å². The van der Waals surface area contributed by atoms with Crippen LogP contribution < -0.4 is 10.5 Å². The summed E-state index contributed by atoms with van der Waals surface area (Å²) in [6.07, 6.45) is 0. The van der Waals surface area contributed by atoms with E-state index in [2.05, 4.69) is 20.9 Å². The molecule has 1 heterocycles. The van der Waals surface area contributed by atoms with Gasteiger partial charge in [0.25, 0.3) is 0 Å². The van der Waals surface area contributed by atoms with Gasteiger partial charge in [0, 0.05) is 10.9 Å². The zero-order valence-corrected chi connectivity index (χ0v) is 10.4. The Bertz CT molecular complexity index is 484. The van der Waals surface area contributed by atoms with Crippen molar-refractivity contribution in [1.29, 1.82) is 0 Å². The normalized spacial score (nSPS) is 10.3. The number of aromatic nitrogens is 1. The molecule has 2 rings (SSSR count). The van der Waals surface area contributed by atoms with E-state index in [0.29, 0.717) is 5.13 Å². The van der Waals surface area contributed by atoms with Crippen LogP contribution >= 0.6 is 27.3 Å². The van der Waals surface area contributed by atoms with Crippen molar-refractivity contribution in [2.75, 3.05) is 12.8 Å². The van der Waals surface area contributed by atoms with Crippen LogP contribution in [0.25, 0.3) is 11.3 Å².